The molecule has 1 saturated heterocycles. The van der Waals surface area contributed by atoms with Gasteiger partial charge in [-0.05, 0) is 88.9 Å². The van der Waals surface area contributed by atoms with Crippen molar-refractivity contribution in [1.82, 2.24) is 36.0 Å². The molecule has 18 nitrogen and oxygen atoms in total. The highest BCUT2D eigenvalue weighted by Crippen LogP contribution is 2.23. The van der Waals surface area contributed by atoms with E-state index in [4.69, 9.17) is 11.5 Å². The Morgan fingerprint density at radius 3 is 2.05 bits per heavy atom. The first-order chi connectivity index (χ1) is 27.2. The third kappa shape index (κ3) is 15.7. The zero-order valence-electron chi connectivity index (χ0n) is 33.3. The number of hydrogen-bond acceptors (Lipinski definition) is 11. The number of guanidine groups is 1. The second kappa shape index (κ2) is 23.8. The highest BCUT2D eigenvalue weighted by Gasteiger charge is 2.36. The number of aliphatic imine (C=N–C) groups is 1. The van der Waals surface area contributed by atoms with Crippen LogP contribution in [0.4, 0.5) is 0 Å². The van der Waals surface area contributed by atoms with Gasteiger partial charge in [0, 0.05) is 50.4 Å². The Bertz CT molecular complexity index is 1720. The van der Waals surface area contributed by atoms with Crippen molar-refractivity contribution >= 4 is 59.2 Å². The summed E-state index contributed by atoms with van der Waals surface area (Å²) in [5.74, 6) is -2.52. The molecule has 1 aliphatic rings. The lowest BCUT2D eigenvalue weighted by molar-refractivity contribution is -0.130. The molecule has 0 bridgehead atoms. The molecule has 1 fully saturated rings. The Morgan fingerprint density at radius 2 is 1.46 bits per heavy atom. The van der Waals surface area contributed by atoms with Gasteiger partial charge in [0.2, 0.25) is 17.7 Å². The Labute approximate surface area is 334 Å². The first kappa shape index (κ1) is 46.3. The topological polar surface area (TPSA) is 265 Å². The zero-order chi connectivity index (χ0) is 41.9. The standard InChI is InChI=1S/C38H59BN10O8/c1-26(50)24-47(2)21-22-48(3)25-33(51)46-31(13-9-19-44-38(40)41)37(55)43-18-8-4-7-17-42-35(53)29-15-16-30(28-12-6-5-11-27(28)29)36(54)45-23-34(52)49-20-10-14-32(49)39(56)57/h5-6,11-12,15-16,31-32,56-57H,4,7-10,13-14,17-25H2,1-3H3,(H,42,53)(H,43,55)(H,45,54)(H,46,51)(H4,40,41,44)/t31-,32?/m0/s1. The number of carbonyl (C=O) groups excluding carboxylic acids is 6. The molecular formula is C38H59BN10O8. The van der Waals surface area contributed by atoms with Crippen LogP contribution in [0.25, 0.3) is 10.8 Å². The molecule has 0 spiro atoms. The van der Waals surface area contributed by atoms with Crippen molar-refractivity contribution in [3.05, 3.63) is 47.5 Å². The fourth-order valence-corrected chi connectivity index (χ4v) is 6.66. The average Bonchev–Trinajstić information content (AvgIpc) is 3.67. The number of nitrogens with zero attached hydrogens (tertiary/aromatic N) is 4. The van der Waals surface area contributed by atoms with Crippen LogP contribution < -0.4 is 32.7 Å². The summed E-state index contributed by atoms with van der Waals surface area (Å²) in [7, 11) is 1.98. The van der Waals surface area contributed by atoms with E-state index in [0.717, 1.165) is 0 Å². The van der Waals surface area contributed by atoms with Crippen LogP contribution in [0.2, 0.25) is 0 Å². The Morgan fingerprint density at radius 1 is 0.860 bits per heavy atom. The minimum Gasteiger partial charge on any atom is -0.426 e. The number of hydrogen-bond donors (Lipinski definition) is 8. The van der Waals surface area contributed by atoms with Crippen LogP contribution in [0.3, 0.4) is 0 Å². The van der Waals surface area contributed by atoms with Gasteiger partial charge in [0.15, 0.2) is 5.96 Å². The van der Waals surface area contributed by atoms with Gasteiger partial charge in [-0.2, -0.15) is 0 Å². The largest absolute Gasteiger partial charge is 0.475 e. The lowest BCUT2D eigenvalue weighted by Gasteiger charge is -2.24. The van der Waals surface area contributed by atoms with Crippen molar-refractivity contribution < 1.29 is 38.8 Å². The van der Waals surface area contributed by atoms with E-state index in [1.807, 2.05) is 16.8 Å². The van der Waals surface area contributed by atoms with Gasteiger partial charge < -0.3 is 47.7 Å². The first-order valence-electron chi connectivity index (χ1n) is 19.4. The third-order valence-electron chi connectivity index (χ3n) is 9.58. The summed E-state index contributed by atoms with van der Waals surface area (Å²) >= 11 is 0. The number of Topliss-reactive ketones (excluding diaryl/α,β-unsaturated/α-hetero) is 1. The maximum Gasteiger partial charge on any atom is 0.475 e. The van der Waals surface area contributed by atoms with E-state index in [1.54, 1.807) is 43.4 Å². The summed E-state index contributed by atoms with van der Waals surface area (Å²) in [5, 5.41) is 31.5. The van der Waals surface area contributed by atoms with E-state index in [-0.39, 0.29) is 42.6 Å². The van der Waals surface area contributed by atoms with Gasteiger partial charge in [0.05, 0.1) is 25.6 Å². The van der Waals surface area contributed by atoms with Crippen LogP contribution in [-0.2, 0) is 19.2 Å². The predicted octanol–water partition coefficient (Wildman–Crippen LogP) is -1.42. The maximum atomic E-state index is 13.2. The van der Waals surface area contributed by atoms with Crippen molar-refractivity contribution in [2.24, 2.45) is 16.5 Å². The summed E-state index contributed by atoms with van der Waals surface area (Å²) in [5.41, 5.74) is 11.5. The molecule has 1 heterocycles. The van der Waals surface area contributed by atoms with E-state index >= 15 is 0 Å². The molecule has 2 aromatic rings. The van der Waals surface area contributed by atoms with Crippen molar-refractivity contribution in [3.8, 4) is 0 Å². The van der Waals surface area contributed by atoms with Gasteiger partial charge in [-0.3, -0.25) is 43.6 Å². The minimum atomic E-state index is -1.65. The SMILES string of the molecule is CC(=O)CN(C)CCN(C)CC(=O)N[C@@H](CCCN=C(N)N)C(=O)NCCCCCNC(=O)c1ccc(C(=O)NCC(=O)N2CCCC2B(O)O)c2ccccc12. The molecule has 1 aliphatic heterocycles. The summed E-state index contributed by atoms with van der Waals surface area (Å²) < 4.78 is 0. The molecule has 3 rings (SSSR count). The number of likely N-dealkylation sites (tertiary alicyclic amines) is 1. The number of amides is 5. The predicted molar refractivity (Wildman–Crippen MR) is 218 cm³/mol. The molecule has 57 heavy (non-hydrogen) atoms. The van der Waals surface area contributed by atoms with Gasteiger partial charge in [0.1, 0.15) is 11.8 Å². The van der Waals surface area contributed by atoms with Crippen molar-refractivity contribution in [2.75, 3.05) is 73.0 Å². The lowest BCUT2D eigenvalue weighted by atomic mass is 9.78. The van der Waals surface area contributed by atoms with Crippen LogP contribution >= 0.6 is 0 Å². The van der Waals surface area contributed by atoms with Crippen LogP contribution in [0.1, 0.15) is 72.6 Å². The Kier molecular flexibility index (Phi) is 19.4. The lowest BCUT2D eigenvalue weighted by Crippen LogP contribution is -2.49. The maximum absolute atomic E-state index is 13.2. The van der Waals surface area contributed by atoms with E-state index < -0.39 is 30.9 Å². The molecule has 2 aromatic carbocycles. The molecule has 5 amide bonds. The normalized spacial score (nSPS) is 14.3. The molecule has 0 radical (unpaired) electrons. The number of likely N-dealkylation sites (N-methyl/N-ethyl adjacent to an activating group) is 2. The van der Waals surface area contributed by atoms with E-state index in [2.05, 4.69) is 26.3 Å². The molecule has 1 unspecified atom stereocenters. The smallest absolute Gasteiger partial charge is 0.426 e. The summed E-state index contributed by atoms with van der Waals surface area (Å²) in [6.07, 6.45) is 3.92. The average molecular weight is 795 g/mol. The highest BCUT2D eigenvalue weighted by atomic mass is 16.4. The number of carbonyl (C=O) groups is 6. The fraction of sp³-hybridized carbons (Fsp3) is 0.553. The fourth-order valence-electron chi connectivity index (χ4n) is 6.66. The van der Waals surface area contributed by atoms with Gasteiger partial charge in [-0.15, -0.1) is 0 Å². The number of unbranched alkanes of at least 4 members (excludes halogenated alkanes) is 2. The van der Waals surface area contributed by atoms with Crippen LogP contribution in [0, 0.1) is 0 Å². The van der Waals surface area contributed by atoms with Crippen LogP contribution in [0.5, 0.6) is 0 Å². The Balaban J connectivity index is 1.45. The van der Waals surface area contributed by atoms with Gasteiger partial charge >= 0.3 is 7.12 Å². The number of nitrogens with one attached hydrogen (secondary N) is 4. The molecule has 312 valence electrons. The Hall–Kier alpha value is -5.11. The number of fused-ring (bicyclic) bond motifs is 1. The van der Waals surface area contributed by atoms with E-state index in [0.29, 0.717) is 113 Å². The molecule has 10 N–H and O–H groups in total. The third-order valence-corrected chi connectivity index (χ3v) is 9.58. The molecular weight excluding hydrogens is 735 g/mol. The highest BCUT2D eigenvalue weighted by molar-refractivity contribution is 6.43. The quantitative estimate of drug-likeness (QED) is 0.0264. The second-order valence-corrected chi connectivity index (χ2v) is 14.5. The van der Waals surface area contributed by atoms with Gasteiger partial charge in [-0.25, -0.2) is 0 Å². The van der Waals surface area contributed by atoms with Crippen LogP contribution in [-0.4, -0.2) is 158 Å². The number of ketones is 1. The van der Waals surface area contributed by atoms with E-state index in [1.165, 1.54) is 11.8 Å². The molecule has 0 aliphatic carbocycles. The van der Waals surface area contributed by atoms with Crippen molar-refractivity contribution in [1.29, 1.82) is 0 Å². The molecule has 0 aromatic heterocycles. The van der Waals surface area contributed by atoms with Gasteiger partial charge in [-0.1, -0.05) is 24.3 Å². The molecule has 2 atom stereocenters. The van der Waals surface area contributed by atoms with E-state index in [9.17, 15) is 38.8 Å². The minimum absolute atomic E-state index is 0.0514. The summed E-state index contributed by atoms with van der Waals surface area (Å²) in [4.78, 5) is 85.3. The number of nitrogens with two attached hydrogens (primary N) is 2. The van der Waals surface area contributed by atoms with Gasteiger partial charge in [0.25, 0.3) is 11.8 Å². The van der Waals surface area contributed by atoms with Crippen molar-refractivity contribution in [2.45, 2.75) is 63.9 Å². The molecule has 0 saturated carbocycles. The second-order valence-electron chi connectivity index (χ2n) is 14.5. The number of rotatable bonds is 24. The monoisotopic (exact) mass is 794 g/mol. The molecule has 19 heteroatoms. The number of benzene rings is 2. The summed E-state index contributed by atoms with van der Waals surface area (Å²) in [6, 6.07) is 9.34. The summed E-state index contributed by atoms with van der Waals surface area (Å²) in [6.45, 7) is 4.24. The zero-order valence-corrected chi connectivity index (χ0v) is 33.3. The first-order valence-corrected chi connectivity index (χ1v) is 19.4. The van der Waals surface area contributed by atoms with Crippen LogP contribution in [0.15, 0.2) is 41.4 Å². The van der Waals surface area contributed by atoms with Crippen molar-refractivity contribution in [3.63, 3.8) is 0 Å².